The molecule has 0 spiro atoms. The summed E-state index contributed by atoms with van der Waals surface area (Å²) in [7, 11) is -1.89. The van der Waals surface area contributed by atoms with Crippen molar-refractivity contribution in [2.24, 2.45) is 5.92 Å². The largest absolute Gasteiger partial charge is 0.505 e. The highest BCUT2D eigenvalue weighted by Crippen LogP contribution is 2.18. The minimum atomic E-state index is -1.89. The lowest BCUT2D eigenvalue weighted by Gasteiger charge is -1.99. The van der Waals surface area contributed by atoms with E-state index >= 15 is 0 Å². The molecule has 2 unspecified atom stereocenters. The van der Waals surface area contributed by atoms with E-state index in [4.69, 9.17) is 4.89 Å². The average Bonchev–Trinajstić information content (AvgIpc) is 1.83. The molecule has 1 N–H and O–H groups in total. The summed E-state index contributed by atoms with van der Waals surface area (Å²) in [6, 6.07) is 0. The molecule has 4 heteroatoms. The Bertz CT molecular complexity index is 97.7. The molecule has 0 saturated carbocycles. The maximum Gasteiger partial charge on any atom is 0.505 e. The Morgan fingerprint density at radius 1 is 1.60 bits per heavy atom. The molecule has 0 heterocycles. The van der Waals surface area contributed by atoms with Gasteiger partial charge in [0.05, 0.1) is 0 Å². The van der Waals surface area contributed by atoms with Crippen LogP contribution in [-0.4, -0.2) is 28.4 Å². The van der Waals surface area contributed by atoms with Crippen molar-refractivity contribution in [1.82, 2.24) is 0 Å². The van der Waals surface area contributed by atoms with Gasteiger partial charge in [-0.05, 0) is 16.9 Å². The SMILES string of the molecule is CCC(C)CC[P+](=O)O.[AlH3]. The molecule has 0 aliphatic carbocycles. The summed E-state index contributed by atoms with van der Waals surface area (Å²) >= 11 is 0. The first-order valence-corrected chi connectivity index (χ1v) is 4.70. The first-order chi connectivity index (χ1) is 4.16. The molecule has 0 aliphatic heterocycles. The van der Waals surface area contributed by atoms with Crippen LogP contribution in [-0.2, 0) is 4.57 Å². The molecular formula is C6H17AlO2P+. The first-order valence-electron chi connectivity index (χ1n) is 3.30. The lowest BCUT2D eigenvalue weighted by molar-refractivity contribution is 0.484. The maximum atomic E-state index is 10.2. The van der Waals surface area contributed by atoms with Crippen LogP contribution in [0.5, 0.6) is 0 Å². The van der Waals surface area contributed by atoms with Crippen molar-refractivity contribution in [3.05, 3.63) is 0 Å². The van der Waals surface area contributed by atoms with Crippen molar-refractivity contribution in [2.45, 2.75) is 26.7 Å². The zero-order chi connectivity index (χ0) is 7.28. The van der Waals surface area contributed by atoms with Crippen LogP contribution in [0.3, 0.4) is 0 Å². The van der Waals surface area contributed by atoms with Crippen molar-refractivity contribution < 1.29 is 9.46 Å². The third-order valence-electron chi connectivity index (χ3n) is 1.51. The number of rotatable bonds is 4. The molecule has 0 aromatic rings. The van der Waals surface area contributed by atoms with Gasteiger partial charge in [0.25, 0.3) is 0 Å². The van der Waals surface area contributed by atoms with E-state index < -0.39 is 8.03 Å². The van der Waals surface area contributed by atoms with Crippen LogP contribution in [0.2, 0.25) is 0 Å². The van der Waals surface area contributed by atoms with Crippen molar-refractivity contribution in [1.29, 1.82) is 0 Å². The highest BCUT2D eigenvalue weighted by molar-refractivity contribution is 7.37. The predicted molar refractivity (Wildman–Crippen MR) is 48.7 cm³/mol. The molecule has 0 aromatic heterocycles. The molecular weight excluding hydrogens is 162 g/mol. The fourth-order valence-corrected chi connectivity index (χ4v) is 1.20. The Morgan fingerprint density at radius 2 is 2.10 bits per heavy atom. The molecule has 0 aliphatic rings. The fraction of sp³-hybridized carbons (Fsp3) is 1.00. The van der Waals surface area contributed by atoms with E-state index in [9.17, 15) is 4.57 Å². The molecule has 0 fully saturated rings. The standard InChI is InChI=1S/C6H13O2P.Al.3H/c1-3-6(2)4-5-9(7)8;;;;/h6H,3-5H2,1-2H3;;;;/p+1. The summed E-state index contributed by atoms with van der Waals surface area (Å²) in [6.45, 7) is 4.19. The van der Waals surface area contributed by atoms with Gasteiger partial charge in [-0.1, -0.05) is 20.3 Å². The van der Waals surface area contributed by atoms with Gasteiger partial charge in [0.15, 0.2) is 23.5 Å². The van der Waals surface area contributed by atoms with E-state index in [1.807, 2.05) is 0 Å². The fourth-order valence-electron chi connectivity index (χ4n) is 0.535. The lowest BCUT2D eigenvalue weighted by atomic mass is 10.1. The minimum absolute atomic E-state index is 0. The molecule has 10 heavy (non-hydrogen) atoms. The molecule has 0 aromatic carbocycles. The van der Waals surface area contributed by atoms with Gasteiger partial charge in [-0.25, -0.2) is 0 Å². The summed E-state index contributed by atoms with van der Waals surface area (Å²) in [5.74, 6) is 0.594. The van der Waals surface area contributed by atoms with Crippen molar-refractivity contribution in [3.8, 4) is 0 Å². The van der Waals surface area contributed by atoms with Crippen LogP contribution in [0.4, 0.5) is 0 Å². The molecule has 60 valence electrons. The number of hydrogen-bond acceptors (Lipinski definition) is 1. The van der Waals surface area contributed by atoms with Gasteiger partial charge in [0, 0.05) is 0 Å². The van der Waals surface area contributed by atoms with Gasteiger partial charge >= 0.3 is 8.03 Å². The molecule has 2 atom stereocenters. The summed E-state index contributed by atoms with van der Waals surface area (Å²) in [6.07, 6.45) is 2.44. The van der Waals surface area contributed by atoms with Crippen LogP contribution in [0, 0.1) is 5.92 Å². The smallest absolute Gasteiger partial charge is 0.161 e. The summed E-state index contributed by atoms with van der Waals surface area (Å²) in [5, 5.41) is 0. The Morgan fingerprint density at radius 3 is 2.40 bits per heavy atom. The van der Waals surface area contributed by atoms with Crippen molar-refractivity contribution >= 4 is 25.4 Å². The van der Waals surface area contributed by atoms with Gasteiger partial charge in [-0.2, -0.15) is 4.89 Å². The Hall–Kier alpha value is 0.592. The third kappa shape index (κ3) is 8.59. The summed E-state index contributed by atoms with van der Waals surface area (Å²) in [4.78, 5) is 8.41. The van der Waals surface area contributed by atoms with E-state index in [1.54, 1.807) is 0 Å². The predicted octanol–water partition coefficient (Wildman–Crippen LogP) is 0.973. The highest BCUT2D eigenvalue weighted by Gasteiger charge is 2.11. The van der Waals surface area contributed by atoms with E-state index in [-0.39, 0.29) is 17.4 Å². The van der Waals surface area contributed by atoms with Gasteiger partial charge in [-0.3, -0.25) is 0 Å². The van der Waals surface area contributed by atoms with Crippen LogP contribution in [0.1, 0.15) is 26.7 Å². The normalized spacial score (nSPS) is 13.7. The molecule has 0 rings (SSSR count). The topological polar surface area (TPSA) is 37.3 Å². The van der Waals surface area contributed by atoms with E-state index in [1.165, 1.54) is 0 Å². The molecule has 0 saturated heterocycles. The molecule has 0 amide bonds. The van der Waals surface area contributed by atoms with E-state index in [0.717, 1.165) is 12.8 Å². The third-order valence-corrected chi connectivity index (χ3v) is 2.15. The van der Waals surface area contributed by atoms with Crippen molar-refractivity contribution in [3.63, 3.8) is 0 Å². The van der Waals surface area contributed by atoms with Crippen LogP contribution < -0.4 is 0 Å². The second kappa shape index (κ2) is 7.70. The quantitative estimate of drug-likeness (QED) is 0.515. The average molecular weight is 179 g/mol. The van der Waals surface area contributed by atoms with Crippen LogP contribution >= 0.6 is 8.03 Å². The molecule has 0 bridgehead atoms. The van der Waals surface area contributed by atoms with E-state index in [2.05, 4.69) is 13.8 Å². The Kier molecular flexibility index (Phi) is 10.2. The van der Waals surface area contributed by atoms with Crippen LogP contribution in [0.15, 0.2) is 0 Å². The second-order valence-electron chi connectivity index (χ2n) is 2.38. The first kappa shape index (κ1) is 13.2. The zero-order valence-electron chi connectivity index (χ0n) is 6.00. The lowest BCUT2D eigenvalue weighted by Crippen LogP contribution is -1.92. The Labute approximate surface area is 74.0 Å². The summed E-state index contributed by atoms with van der Waals surface area (Å²) < 4.78 is 10.2. The van der Waals surface area contributed by atoms with Gasteiger partial charge in [-0.15, -0.1) is 0 Å². The monoisotopic (exact) mass is 179 g/mol. The molecule has 2 nitrogen and oxygen atoms in total. The maximum absolute atomic E-state index is 10.2. The number of hydrogen-bond donors (Lipinski definition) is 1. The van der Waals surface area contributed by atoms with Crippen LogP contribution in [0.25, 0.3) is 0 Å². The Balaban J connectivity index is 0. The van der Waals surface area contributed by atoms with Gasteiger partial charge in [0.2, 0.25) is 0 Å². The van der Waals surface area contributed by atoms with Gasteiger partial charge in [0.1, 0.15) is 0 Å². The van der Waals surface area contributed by atoms with Crippen molar-refractivity contribution in [2.75, 3.05) is 6.16 Å². The highest BCUT2D eigenvalue weighted by atomic mass is 31.1. The van der Waals surface area contributed by atoms with E-state index in [0.29, 0.717) is 12.1 Å². The second-order valence-corrected chi connectivity index (χ2v) is 3.53. The minimum Gasteiger partial charge on any atom is -0.161 e. The molecule has 0 radical (unpaired) electrons. The van der Waals surface area contributed by atoms with Gasteiger partial charge < -0.3 is 0 Å². The summed E-state index contributed by atoms with van der Waals surface area (Å²) in [5.41, 5.74) is 0. The zero-order valence-corrected chi connectivity index (χ0v) is 6.90.